The maximum atomic E-state index is 11.5. The number of nitrogens with zero attached hydrogens (tertiary/aromatic N) is 1. The largest absolute Gasteiger partial charge is 0.481 e. The zero-order chi connectivity index (χ0) is 15.8. The molecule has 0 aliphatic heterocycles. The number of thiazole rings is 1. The maximum absolute atomic E-state index is 11.5. The molecule has 0 fully saturated rings. The molecule has 7 nitrogen and oxygen atoms in total. The molecule has 1 aromatic rings. The zero-order valence-corrected chi connectivity index (χ0v) is 12.8. The number of carbonyl (C=O) groups is 3. The third kappa shape index (κ3) is 6.84. The summed E-state index contributed by atoms with van der Waals surface area (Å²) < 4.78 is 0. The van der Waals surface area contributed by atoms with Gasteiger partial charge in [-0.05, 0) is 12.3 Å². The molecule has 0 aliphatic carbocycles. The summed E-state index contributed by atoms with van der Waals surface area (Å²) in [6.45, 7) is 3.93. The van der Waals surface area contributed by atoms with Crippen LogP contribution in [0.25, 0.3) is 0 Å². The van der Waals surface area contributed by atoms with Crippen LogP contribution < -0.4 is 10.6 Å². The predicted molar refractivity (Wildman–Crippen MR) is 77.9 cm³/mol. The minimum absolute atomic E-state index is 0.00302. The van der Waals surface area contributed by atoms with Crippen LogP contribution in [0.4, 0.5) is 4.79 Å². The Bertz CT molecular complexity index is 515. The van der Waals surface area contributed by atoms with Crippen molar-refractivity contribution in [3.63, 3.8) is 0 Å². The minimum Gasteiger partial charge on any atom is -0.481 e. The van der Waals surface area contributed by atoms with Crippen molar-refractivity contribution in [2.24, 2.45) is 5.92 Å². The molecule has 1 atom stereocenters. The topological polar surface area (TPSA) is 108 Å². The average molecular weight is 313 g/mol. The van der Waals surface area contributed by atoms with Crippen molar-refractivity contribution in [1.29, 1.82) is 0 Å². The second kappa shape index (κ2) is 8.35. The molecular weight excluding hydrogens is 294 g/mol. The van der Waals surface area contributed by atoms with E-state index in [1.54, 1.807) is 13.1 Å². The molecule has 21 heavy (non-hydrogen) atoms. The number of urea groups is 1. The summed E-state index contributed by atoms with van der Waals surface area (Å²) in [6.07, 6.45) is 2.55. The van der Waals surface area contributed by atoms with Gasteiger partial charge in [0.25, 0.3) is 0 Å². The van der Waals surface area contributed by atoms with Crippen molar-refractivity contribution < 1.29 is 19.5 Å². The second-order valence-electron chi connectivity index (χ2n) is 4.71. The highest BCUT2D eigenvalue weighted by molar-refractivity contribution is 7.11. The van der Waals surface area contributed by atoms with Crippen LogP contribution in [0.15, 0.2) is 6.20 Å². The second-order valence-corrected chi connectivity index (χ2v) is 5.91. The first-order chi connectivity index (χ1) is 9.90. The Morgan fingerprint density at radius 3 is 2.67 bits per heavy atom. The SMILES string of the molecule is CCc1cnc(CNC(=O)NC(=O)CC(C)CC(=O)O)s1. The maximum Gasteiger partial charge on any atom is 0.321 e. The number of nitrogens with one attached hydrogen (secondary N) is 2. The highest BCUT2D eigenvalue weighted by Gasteiger charge is 2.14. The van der Waals surface area contributed by atoms with E-state index in [2.05, 4.69) is 15.6 Å². The lowest BCUT2D eigenvalue weighted by molar-refractivity contribution is -0.138. The molecule has 0 aliphatic rings. The molecular formula is C13H19N3O4S. The van der Waals surface area contributed by atoms with Gasteiger partial charge >= 0.3 is 12.0 Å². The van der Waals surface area contributed by atoms with Crippen LogP contribution in [-0.2, 0) is 22.6 Å². The highest BCUT2D eigenvalue weighted by atomic mass is 32.1. The van der Waals surface area contributed by atoms with Gasteiger partial charge in [-0.3, -0.25) is 14.9 Å². The van der Waals surface area contributed by atoms with Crippen LogP contribution in [0.3, 0.4) is 0 Å². The first-order valence-electron chi connectivity index (χ1n) is 6.63. The summed E-state index contributed by atoms with van der Waals surface area (Å²) in [7, 11) is 0. The molecule has 0 saturated carbocycles. The van der Waals surface area contributed by atoms with Crippen molar-refractivity contribution >= 4 is 29.2 Å². The van der Waals surface area contributed by atoms with E-state index >= 15 is 0 Å². The van der Waals surface area contributed by atoms with E-state index in [-0.39, 0.29) is 25.3 Å². The van der Waals surface area contributed by atoms with Gasteiger partial charge in [-0.2, -0.15) is 0 Å². The molecule has 3 amide bonds. The summed E-state index contributed by atoms with van der Waals surface area (Å²) in [5, 5.41) is 14.1. The first kappa shape index (κ1) is 17.1. The van der Waals surface area contributed by atoms with Gasteiger partial charge in [0.05, 0.1) is 6.54 Å². The van der Waals surface area contributed by atoms with Crippen LogP contribution >= 0.6 is 11.3 Å². The third-order valence-corrected chi connectivity index (χ3v) is 3.80. The molecule has 0 spiro atoms. The zero-order valence-electron chi connectivity index (χ0n) is 12.0. The van der Waals surface area contributed by atoms with E-state index < -0.39 is 17.9 Å². The summed E-state index contributed by atoms with van der Waals surface area (Å²) in [5.41, 5.74) is 0. The van der Waals surface area contributed by atoms with Gasteiger partial charge in [-0.25, -0.2) is 9.78 Å². The highest BCUT2D eigenvalue weighted by Crippen LogP contribution is 2.12. The number of carbonyl (C=O) groups excluding carboxylic acids is 2. The van der Waals surface area contributed by atoms with Gasteiger partial charge in [-0.1, -0.05) is 13.8 Å². The minimum atomic E-state index is -0.963. The van der Waals surface area contributed by atoms with Crippen molar-refractivity contribution in [3.05, 3.63) is 16.1 Å². The number of aromatic nitrogens is 1. The Balaban J connectivity index is 2.29. The van der Waals surface area contributed by atoms with Gasteiger partial charge < -0.3 is 10.4 Å². The number of hydrogen-bond donors (Lipinski definition) is 3. The van der Waals surface area contributed by atoms with E-state index in [1.165, 1.54) is 11.3 Å². The van der Waals surface area contributed by atoms with Gasteiger partial charge in [0, 0.05) is 23.9 Å². The fourth-order valence-corrected chi connectivity index (χ4v) is 2.46. The van der Waals surface area contributed by atoms with Gasteiger partial charge in [0.1, 0.15) is 5.01 Å². The van der Waals surface area contributed by atoms with Crippen molar-refractivity contribution in [2.75, 3.05) is 0 Å². The average Bonchev–Trinajstić information content (AvgIpc) is 2.82. The molecule has 8 heteroatoms. The smallest absolute Gasteiger partial charge is 0.321 e. The normalized spacial score (nSPS) is 11.7. The molecule has 0 saturated heterocycles. The Morgan fingerprint density at radius 1 is 1.38 bits per heavy atom. The van der Waals surface area contributed by atoms with E-state index in [0.29, 0.717) is 0 Å². The number of imide groups is 1. The Hall–Kier alpha value is -1.96. The monoisotopic (exact) mass is 313 g/mol. The lowest BCUT2D eigenvalue weighted by Gasteiger charge is -2.09. The molecule has 1 heterocycles. The molecule has 3 N–H and O–H groups in total. The Labute approximate surface area is 126 Å². The first-order valence-corrected chi connectivity index (χ1v) is 7.45. The molecule has 1 unspecified atom stereocenters. The third-order valence-electron chi connectivity index (χ3n) is 2.66. The van der Waals surface area contributed by atoms with Gasteiger partial charge in [0.2, 0.25) is 5.91 Å². The number of hydrogen-bond acceptors (Lipinski definition) is 5. The van der Waals surface area contributed by atoms with Crippen LogP contribution in [0.2, 0.25) is 0 Å². The summed E-state index contributed by atoms with van der Waals surface area (Å²) >= 11 is 1.51. The van der Waals surface area contributed by atoms with Crippen molar-refractivity contribution in [3.8, 4) is 0 Å². The number of aliphatic carboxylic acids is 1. The van der Waals surface area contributed by atoms with Gasteiger partial charge in [0.15, 0.2) is 0 Å². The molecule has 1 aromatic heterocycles. The number of carboxylic acids is 1. The van der Waals surface area contributed by atoms with E-state index in [1.807, 2.05) is 6.92 Å². The molecule has 0 bridgehead atoms. The van der Waals surface area contributed by atoms with Crippen LogP contribution in [0.5, 0.6) is 0 Å². The van der Waals surface area contributed by atoms with Crippen LogP contribution in [0.1, 0.15) is 36.6 Å². The summed E-state index contributed by atoms with van der Waals surface area (Å²) in [5.74, 6) is -1.77. The summed E-state index contributed by atoms with van der Waals surface area (Å²) in [4.78, 5) is 38.8. The number of carboxylic acid groups (broad SMARTS) is 1. The number of amides is 3. The molecule has 0 aromatic carbocycles. The lowest BCUT2D eigenvalue weighted by atomic mass is 10.0. The number of rotatable bonds is 7. The quantitative estimate of drug-likeness (QED) is 0.707. The Morgan fingerprint density at radius 2 is 2.10 bits per heavy atom. The predicted octanol–water partition coefficient (Wildman–Crippen LogP) is 1.53. The molecule has 116 valence electrons. The fourth-order valence-electron chi connectivity index (χ4n) is 1.66. The standard InChI is InChI=1S/C13H19N3O4S/c1-3-9-6-14-11(21-9)7-15-13(20)16-10(17)4-8(2)5-12(18)19/h6,8H,3-5,7H2,1-2H3,(H,18,19)(H2,15,16,17,20). The lowest BCUT2D eigenvalue weighted by Crippen LogP contribution is -2.39. The van der Waals surface area contributed by atoms with Crippen LogP contribution in [-0.4, -0.2) is 28.0 Å². The van der Waals surface area contributed by atoms with Crippen molar-refractivity contribution in [2.45, 2.75) is 39.7 Å². The van der Waals surface area contributed by atoms with E-state index in [9.17, 15) is 14.4 Å². The molecule has 0 radical (unpaired) electrons. The van der Waals surface area contributed by atoms with Gasteiger partial charge in [-0.15, -0.1) is 11.3 Å². The summed E-state index contributed by atoms with van der Waals surface area (Å²) in [6, 6.07) is -0.601. The Kier molecular flexibility index (Phi) is 6.80. The van der Waals surface area contributed by atoms with Crippen molar-refractivity contribution in [1.82, 2.24) is 15.6 Å². The molecule has 1 rings (SSSR count). The van der Waals surface area contributed by atoms with Crippen LogP contribution in [0, 0.1) is 5.92 Å². The number of aryl methyl sites for hydroxylation is 1. The van der Waals surface area contributed by atoms with E-state index in [4.69, 9.17) is 5.11 Å². The van der Waals surface area contributed by atoms with E-state index in [0.717, 1.165) is 16.3 Å². The fraction of sp³-hybridized carbons (Fsp3) is 0.538.